The molecule has 0 saturated carbocycles. The quantitative estimate of drug-likeness (QED) is 0.860. The molecule has 1 fully saturated rings. The van der Waals surface area contributed by atoms with Crippen LogP contribution < -0.4 is 4.90 Å². The highest BCUT2D eigenvalue weighted by molar-refractivity contribution is 5.87. The number of anilines is 1. The normalized spacial score (nSPS) is 22.4. The number of carbonyl (C=O) groups is 1. The number of likely N-dealkylation sites (N-methyl/N-ethyl adjacent to an activating group) is 1. The van der Waals surface area contributed by atoms with Gasteiger partial charge in [-0.2, -0.15) is 0 Å². The van der Waals surface area contributed by atoms with E-state index in [9.17, 15) is 9.18 Å². The zero-order valence-electron chi connectivity index (χ0n) is 11.5. The van der Waals surface area contributed by atoms with Crippen molar-refractivity contribution in [3.63, 3.8) is 0 Å². The Morgan fingerprint density at radius 3 is 2.90 bits per heavy atom. The van der Waals surface area contributed by atoms with Gasteiger partial charge in [0.2, 0.25) is 0 Å². The fourth-order valence-electron chi connectivity index (χ4n) is 2.56. The van der Waals surface area contributed by atoms with Gasteiger partial charge in [-0.05, 0) is 31.6 Å². The van der Waals surface area contributed by atoms with Crippen LogP contribution in [-0.4, -0.2) is 36.9 Å². The first kappa shape index (κ1) is 14.5. The second-order valence-electron chi connectivity index (χ2n) is 4.89. The van der Waals surface area contributed by atoms with Crippen molar-refractivity contribution >= 4 is 17.7 Å². The smallest absolute Gasteiger partial charge is 0.328 e. The Labute approximate surface area is 117 Å². The third-order valence-electron chi connectivity index (χ3n) is 3.64. The minimum atomic E-state index is -1.10. The van der Waals surface area contributed by atoms with Crippen LogP contribution >= 0.6 is 0 Å². The SMILES string of the molecule is CC1OCCC1N(C)c1cccc(F)c1/C=C/C(=O)O. The Hall–Kier alpha value is -1.88. The number of hydrogen-bond acceptors (Lipinski definition) is 3. The van der Waals surface area contributed by atoms with Crippen molar-refractivity contribution in [2.24, 2.45) is 0 Å². The highest BCUT2D eigenvalue weighted by atomic mass is 19.1. The first-order chi connectivity index (χ1) is 9.50. The maximum absolute atomic E-state index is 13.9. The maximum atomic E-state index is 13.9. The third kappa shape index (κ3) is 2.99. The van der Waals surface area contributed by atoms with E-state index in [1.807, 2.05) is 18.9 Å². The van der Waals surface area contributed by atoms with Crippen molar-refractivity contribution in [2.75, 3.05) is 18.6 Å². The highest BCUT2D eigenvalue weighted by Crippen LogP contribution is 2.29. The molecule has 1 aromatic rings. The van der Waals surface area contributed by atoms with Gasteiger partial charge in [-0.1, -0.05) is 6.07 Å². The van der Waals surface area contributed by atoms with Crippen LogP contribution in [0.2, 0.25) is 0 Å². The number of hydrogen-bond donors (Lipinski definition) is 1. The largest absolute Gasteiger partial charge is 0.478 e. The lowest BCUT2D eigenvalue weighted by molar-refractivity contribution is -0.131. The molecular weight excluding hydrogens is 261 g/mol. The Morgan fingerprint density at radius 1 is 1.55 bits per heavy atom. The van der Waals surface area contributed by atoms with E-state index in [1.165, 1.54) is 12.1 Å². The first-order valence-corrected chi connectivity index (χ1v) is 6.54. The van der Waals surface area contributed by atoms with Crippen LogP contribution in [0.5, 0.6) is 0 Å². The molecule has 1 heterocycles. The molecular formula is C15H18FNO3. The molecule has 1 aliphatic heterocycles. The maximum Gasteiger partial charge on any atom is 0.328 e. The van der Waals surface area contributed by atoms with E-state index in [0.29, 0.717) is 12.3 Å². The molecule has 1 N–H and O–H groups in total. The van der Waals surface area contributed by atoms with E-state index in [1.54, 1.807) is 12.1 Å². The molecule has 4 nitrogen and oxygen atoms in total. The predicted octanol–water partition coefficient (Wildman–Crippen LogP) is 2.54. The molecule has 2 rings (SSSR count). The van der Waals surface area contributed by atoms with Crippen molar-refractivity contribution in [3.8, 4) is 0 Å². The molecule has 1 aromatic carbocycles. The number of rotatable bonds is 4. The van der Waals surface area contributed by atoms with Crippen LogP contribution in [-0.2, 0) is 9.53 Å². The van der Waals surface area contributed by atoms with E-state index in [2.05, 4.69) is 0 Å². The van der Waals surface area contributed by atoms with E-state index < -0.39 is 11.8 Å². The summed E-state index contributed by atoms with van der Waals surface area (Å²) in [6, 6.07) is 4.90. The third-order valence-corrected chi connectivity index (χ3v) is 3.64. The molecule has 0 aromatic heterocycles. The van der Waals surface area contributed by atoms with Gasteiger partial charge in [0.1, 0.15) is 5.82 Å². The van der Waals surface area contributed by atoms with Gasteiger partial charge >= 0.3 is 5.97 Å². The summed E-state index contributed by atoms with van der Waals surface area (Å²) in [4.78, 5) is 12.6. The summed E-state index contributed by atoms with van der Waals surface area (Å²) in [5.41, 5.74) is 0.960. The lowest BCUT2D eigenvalue weighted by Gasteiger charge is -2.30. The lowest BCUT2D eigenvalue weighted by atomic mass is 10.1. The van der Waals surface area contributed by atoms with Crippen molar-refractivity contribution < 1.29 is 19.0 Å². The number of carboxylic acids is 1. The standard InChI is InChI=1S/C15H18FNO3/c1-10-13(8-9-20-10)17(2)14-5-3-4-12(16)11(14)6-7-15(18)19/h3-7,10,13H,8-9H2,1-2H3,(H,18,19)/b7-6+. The summed E-state index contributed by atoms with van der Waals surface area (Å²) in [6.45, 7) is 2.67. The molecule has 0 aliphatic carbocycles. The number of nitrogens with zero attached hydrogens (tertiary/aromatic N) is 1. The fraction of sp³-hybridized carbons (Fsp3) is 0.400. The average molecular weight is 279 g/mol. The topological polar surface area (TPSA) is 49.8 Å². The van der Waals surface area contributed by atoms with Crippen molar-refractivity contribution in [1.82, 2.24) is 0 Å². The van der Waals surface area contributed by atoms with Crippen molar-refractivity contribution in [2.45, 2.75) is 25.5 Å². The average Bonchev–Trinajstić information content (AvgIpc) is 2.82. The van der Waals surface area contributed by atoms with E-state index in [4.69, 9.17) is 9.84 Å². The summed E-state index contributed by atoms with van der Waals surface area (Å²) in [7, 11) is 1.88. The Kier molecular flexibility index (Phi) is 4.39. The molecule has 0 radical (unpaired) electrons. The zero-order chi connectivity index (χ0) is 14.7. The monoisotopic (exact) mass is 279 g/mol. The van der Waals surface area contributed by atoms with E-state index >= 15 is 0 Å². The summed E-state index contributed by atoms with van der Waals surface area (Å²) < 4.78 is 19.5. The van der Waals surface area contributed by atoms with Gasteiger partial charge in [0, 0.05) is 31.0 Å². The van der Waals surface area contributed by atoms with Gasteiger partial charge in [0.25, 0.3) is 0 Å². The van der Waals surface area contributed by atoms with Gasteiger partial charge in [-0.15, -0.1) is 0 Å². The number of ether oxygens (including phenoxy) is 1. The van der Waals surface area contributed by atoms with E-state index in [0.717, 1.165) is 12.5 Å². The molecule has 1 saturated heterocycles. The van der Waals surface area contributed by atoms with Crippen LogP contribution in [0.3, 0.4) is 0 Å². The molecule has 108 valence electrons. The van der Waals surface area contributed by atoms with Crippen molar-refractivity contribution in [1.29, 1.82) is 0 Å². The van der Waals surface area contributed by atoms with Gasteiger partial charge in [-0.3, -0.25) is 0 Å². The number of aliphatic carboxylic acids is 1. The van der Waals surface area contributed by atoms with Crippen LogP contribution in [0.15, 0.2) is 24.3 Å². The molecule has 5 heteroatoms. The van der Waals surface area contributed by atoms with Crippen molar-refractivity contribution in [3.05, 3.63) is 35.7 Å². The summed E-state index contributed by atoms with van der Waals surface area (Å²) in [6.07, 6.45) is 3.18. The molecule has 2 unspecified atom stereocenters. The highest BCUT2D eigenvalue weighted by Gasteiger charge is 2.29. The second kappa shape index (κ2) is 6.05. The molecule has 20 heavy (non-hydrogen) atoms. The van der Waals surface area contributed by atoms with Crippen LogP contribution in [0.1, 0.15) is 18.9 Å². The number of carboxylic acid groups (broad SMARTS) is 1. The predicted molar refractivity (Wildman–Crippen MR) is 75.3 cm³/mol. The van der Waals surface area contributed by atoms with Gasteiger partial charge in [0.15, 0.2) is 0 Å². The van der Waals surface area contributed by atoms with Gasteiger partial charge in [-0.25, -0.2) is 9.18 Å². The minimum Gasteiger partial charge on any atom is -0.478 e. The van der Waals surface area contributed by atoms with E-state index in [-0.39, 0.29) is 17.7 Å². The van der Waals surface area contributed by atoms with Crippen LogP contribution in [0.4, 0.5) is 10.1 Å². The Morgan fingerprint density at radius 2 is 2.30 bits per heavy atom. The molecule has 0 amide bonds. The minimum absolute atomic E-state index is 0.0690. The Bertz CT molecular complexity index is 530. The molecule has 1 aliphatic rings. The lowest BCUT2D eigenvalue weighted by Crippen LogP contribution is -2.37. The van der Waals surface area contributed by atoms with Crippen LogP contribution in [0, 0.1) is 5.82 Å². The summed E-state index contributed by atoms with van der Waals surface area (Å²) >= 11 is 0. The van der Waals surface area contributed by atoms with Gasteiger partial charge in [0.05, 0.1) is 12.1 Å². The fourth-order valence-corrected chi connectivity index (χ4v) is 2.56. The number of halogens is 1. The summed E-state index contributed by atoms with van der Waals surface area (Å²) in [5.74, 6) is -1.53. The first-order valence-electron chi connectivity index (χ1n) is 6.54. The second-order valence-corrected chi connectivity index (χ2v) is 4.89. The molecule has 0 bridgehead atoms. The summed E-state index contributed by atoms with van der Waals surface area (Å²) in [5, 5.41) is 8.71. The molecule has 0 spiro atoms. The van der Waals surface area contributed by atoms with Gasteiger partial charge < -0.3 is 14.7 Å². The number of benzene rings is 1. The zero-order valence-corrected chi connectivity index (χ0v) is 11.5. The Balaban J connectivity index is 2.35. The molecule has 2 atom stereocenters. The van der Waals surface area contributed by atoms with Crippen LogP contribution in [0.25, 0.3) is 6.08 Å².